The molecule has 0 bridgehead atoms. The van der Waals surface area contributed by atoms with Crippen LogP contribution in [0.3, 0.4) is 0 Å². The number of furan rings is 1. The number of ketones is 1. The second-order valence-electron chi connectivity index (χ2n) is 5.04. The van der Waals surface area contributed by atoms with E-state index in [0.29, 0.717) is 17.0 Å². The summed E-state index contributed by atoms with van der Waals surface area (Å²) in [5.74, 6) is -0.309. The van der Waals surface area contributed by atoms with Gasteiger partial charge in [-0.3, -0.25) is 14.4 Å². The number of nitrogens with one attached hydrogen (secondary N) is 2. The van der Waals surface area contributed by atoms with Gasteiger partial charge in [0.25, 0.3) is 11.5 Å². The first-order valence-electron chi connectivity index (χ1n) is 6.86. The number of Topliss-reactive ketones (excluding diaryl/α,β-unsaturated/α-hetero) is 1. The third-order valence-corrected chi connectivity index (χ3v) is 3.42. The fourth-order valence-electron chi connectivity index (χ4n) is 2.34. The summed E-state index contributed by atoms with van der Waals surface area (Å²) in [7, 11) is 0. The Labute approximate surface area is 130 Å². The van der Waals surface area contributed by atoms with Crippen molar-refractivity contribution in [3.8, 4) is 0 Å². The van der Waals surface area contributed by atoms with Crippen LogP contribution in [0.2, 0.25) is 0 Å². The van der Waals surface area contributed by atoms with Gasteiger partial charge in [-0.05, 0) is 26.0 Å². The van der Waals surface area contributed by atoms with Gasteiger partial charge in [-0.25, -0.2) is 4.98 Å². The SMILES string of the molecule is CC(=O)c1cccc(NC(=O)c2c(C)oc3nc[nH]c(=O)c23)c1. The van der Waals surface area contributed by atoms with Crippen LogP contribution in [-0.4, -0.2) is 21.7 Å². The summed E-state index contributed by atoms with van der Waals surface area (Å²) in [6.07, 6.45) is 1.21. The van der Waals surface area contributed by atoms with E-state index >= 15 is 0 Å². The molecule has 0 aliphatic carbocycles. The Morgan fingerprint density at radius 3 is 2.83 bits per heavy atom. The Balaban J connectivity index is 2.02. The molecule has 0 radical (unpaired) electrons. The van der Waals surface area contributed by atoms with Crippen molar-refractivity contribution in [2.75, 3.05) is 5.32 Å². The number of aromatic amines is 1. The van der Waals surface area contributed by atoms with Crippen molar-refractivity contribution in [3.05, 3.63) is 57.8 Å². The number of hydrogen-bond donors (Lipinski definition) is 2. The number of benzene rings is 1. The average molecular weight is 311 g/mol. The van der Waals surface area contributed by atoms with Crippen LogP contribution < -0.4 is 10.9 Å². The van der Waals surface area contributed by atoms with Crippen LogP contribution in [0.4, 0.5) is 5.69 Å². The van der Waals surface area contributed by atoms with Crippen LogP contribution in [0.1, 0.15) is 33.4 Å². The van der Waals surface area contributed by atoms with Gasteiger partial charge in [0.1, 0.15) is 11.1 Å². The van der Waals surface area contributed by atoms with Gasteiger partial charge < -0.3 is 14.7 Å². The second-order valence-corrected chi connectivity index (χ2v) is 5.04. The largest absolute Gasteiger partial charge is 0.442 e. The highest BCUT2D eigenvalue weighted by Crippen LogP contribution is 2.22. The molecule has 2 N–H and O–H groups in total. The number of carbonyl (C=O) groups excluding carboxylic acids is 2. The number of rotatable bonds is 3. The summed E-state index contributed by atoms with van der Waals surface area (Å²) >= 11 is 0. The molecule has 7 nitrogen and oxygen atoms in total. The number of fused-ring (bicyclic) bond motifs is 1. The van der Waals surface area contributed by atoms with Gasteiger partial charge in [-0.2, -0.15) is 0 Å². The Bertz CT molecular complexity index is 984. The highest BCUT2D eigenvalue weighted by Gasteiger charge is 2.21. The lowest BCUT2D eigenvalue weighted by molar-refractivity contribution is 0.101. The third-order valence-electron chi connectivity index (χ3n) is 3.42. The Morgan fingerprint density at radius 1 is 1.30 bits per heavy atom. The van der Waals surface area contributed by atoms with Crippen LogP contribution in [-0.2, 0) is 0 Å². The number of nitrogens with zero attached hydrogens (tertiary/aromatic N) is 1. The molecular weight excluding hydrogens is 298 g/mol. The van der Waals surface area contributed by atoms with E-state index < -0.39 is 11.5 Å². The van der Waals surface area contributed by atoms with Crippen molar-refractivity contribution in [2.24, 2.45) is 0 Å². The van der Waals surface area contributed by atoms with Gasteiger partial charge in [-0.1, -0.05) is 12.1 Å². The van der Waals surface area contributed by atoms with Crippen molar-refractivity contribution in [2.45, 2.75) is 13.8 Å². The molecule has 0 saturated heterocycles. The molecular formula is C16H13N3O4. The smallest absolute Gasteiger partial charge is 0.262 e. The predicted octanol–water partition coefficient (Wildman–Crippen LogP) is 2.28. The average Bonchev–Trinajstić information content (AvgIpc) is 2.85. The molecule has 0 spiro atoms. The first-order valence-corrected chi connectivity index (χ1v) is 6.86. The van der Waals surface area contributed by atoms with E-state index in [-0.39, 0.29) is 22.4 Å². The monoisotopic (exact) mass is 311 g/mol. The number of anilines is 1. The van der Waals surface area contributed by atoms with Crippen LogP contribution in [0, 0.1) is 6.92 Å². The highest BCUT2D eigenvalue weighted by atomic mass is 16.3. The molecule has 0 atom stereocenters. The number of hydrogen-bond acceptors (Lipinski definition) is 5. The van der Waals surface area contributed by atoms with E-state index in [1.807, 2.05) is 0 Å². The fraction of sp³-hybridized carbons (Fsp3) is 0.125. The summed E-state index contributed by atoms with van der Waals surface area (Å²) < 4.78 is 5.35. The van der Waals surface area contributed by atoms with Crippen molar-refractivity contribution < 1.29 is 14.0 Å². The lowest BCUT2D eigenvalue weighted by Gasteiger charge is -2.06. The fourth-order valence-corrected chi connectivity index (χ4v) is 2.34. The molecule has 3 rings (SSSR count). The highest BCUT2D eigenvalue weighted by molar-refractivity contribution is 6.12. The maximum absolute atomic E-state index is 12.5. The van der Waals surface area contributed by atoms with Gasteiger partial charge in [0, 0.05) is 11.3 Å². The summed E-state index contributed by atoms with van der Waals surface area (Å²) in [5, 5.41) is 2.77. The van der Waals surface area contributed by atoms with E-state index in [0.717, 1.165) is 0 Å². The Morgan fingerprint density at radius 2 is 2.09 bits per heavy atom. The normalized spacial score (nSPS) is 10.7. The number of aryl methyl sites for hydroxylation is 1. The van der Waals surface area contributed by atoms with Crippen LogP contribution in [0.15, 0.2) is 39.8 Å². The molecule has 116 valence electrons. The summed E-state index contributed by atoms with van der Waals surface area (Å²) in [5.41, 5.74) is 0.721. The summed E-state index contributed by atoms with van der Waals surface area (Å²) in [6.45, 7) is 3.03. The zero-order valence-corrected chi connectivity index (χ0v) is 12.5. The van der Waals surface area contributed by atoms with Crippen LogP contribution in [0.5, 0.6) is 0 Å². The molecule has 1 amide bonds. The lowest BCUT2D eigenvalue weighted by Crippen LogP contribution is -2.16. The van der Waals surface area contributed by atoms with Crippen molar-refractivity contribution in [1.82, 2.24) is 9.97 Å². The molecule has 0 unspecified atom stereocenters. The minimum Gasteiger partial charge on any atom is -0.442 e. The second kappa shape index (κ2) is 5.53. The quantitative estimate of drug-likeness (QED) is 0.722. The van der Waals surface area contributed by atoms with Crippen LogP contribution in [0.25, 0.3) is 11.1 Å². The summed E-state index contributed by atoms with van der Waals surface area (Å²) in [4.78, 5) is 42.2. The van der Waals surface area contributed by atoms with Gasteiger partial charge in [-0.15, -0.1) is 0 Å². The molecule has 3 aromatic rings. The topological polar surface area (TPSA) is 105 Å². The Kier molecular flexibility index (Phi) is 3.53. The predicted molar refractivity (Wildman–Crippen MR) is 83.8 cm³/mol. The van der Waals surface area contributed by atoms with E-state index in [4.69, 9.17) is 4.42 Å². The van der Waals surface area contributed by atoms with Gasteiger partial charge in [0.15, 0.2) is 5.78 Å². The lowest BCUT2D eigenvalue weighted by atomic mass is 10.1. The zero-order chi connectivity index (χ0) is 16.6. The molecule has 0 saturated carbocycles. The molecule has 2 aromatic heterocycles. The minimum atomic E-state index is -0.500. The molecule has 7 heteroatoms. The maximum Gasteiger partial charge on any atom is 0.262 e. The van der Waals surface area contributed by atoms with Crippen molar-refractivity contribution in [1.29, 1.82) is 0 Å². The zero-order valence-electron chi connectivity index (χ0n) is 12.5. The van der Waals surface area contributed by atoms with Gasteiger partial charge in [0.05, 0.1) is 11.9 Å². The minimum absolute atomic E-state index is 0.102. The van der Waals surface area contributed by atoms with Gasteiger partial charge >= 0.3 is 0 Å². The van der Waals surface area contributed by atoms with Crippen LogP contribution >= 0.6 is 0 Å². The molecule has 1 aromatic carbocycles. The first kappa shape index (κ1) is 14.7. The van der Waals surface area contributed by atoms with E-state index in [1.165, 1.54) is 13.3 Å². The van der Waals surface area contributed by atoms with E-state index in [2.05, 4.69) is 15.3 Å². The number of carbonyl (C=O) groups is 2. The third kappa shape index (κ3) is 2.64. The first-order chi connectivity index (χ1) is 11.0. The van der Waals surface area contributed by atoms with Gasteiger partial charge in [0.2, 0.25) is 5.71 Å². The van der Waals surface area contributed by atoms with E-state index in [1.54, 1.807) is 31.2 Å². The maximum atomic E-state index is 12.5. The van der Waals surface area contributed by atoms with Crippen molar-refractivity contribution in [3.63, 3.8) is 0 Å². The molecule has 2 heterocycles. The number of H-pyrrole nitrogens is 1. The molecule has 0 aliphatic rings. The number of amides is 1. The summed E-state index contributed by atoms with van der Waals surface area (Å²) in [6, 6.07) is 6.55. The number of aromatic nitrogens is 2. The standard InChI is InChI=1S/C16H13N3O4/c1-8(20)10-4-3-5-11(6-10)19-15(22)12-9(2)23-16-13(12)14(21)17-7-18-16/h3-7H,1-2H3,(H,19,22)(H,17,18,21). The molecule has 23 heavy (non-hydrogen) atoms. The molecule has 0 fully saturated rings. The van der Waals surface area contributed by atoms with Crippen molar-refractivity contribution >= 4 is 28.5 Å². The molecule has 0 aliphatic heterocycles. The van der Waals surface area contributed by atoms with E-state index in [9.17, 15) is 14.4 Å². The Hall–Kier alpha value is -3.22.